The van der Waals surface area contributed by atoms with Gasteiger partial charge in [-0.25, -0.2) is 4.21 Å². The van der Waals surface area contributed by atoms with Gasteiger partial charge in [-0.15, -0.1) is 3.77 Å². The molecule has 0 aromatic heterocycles. The van der Waals surface area contributed by atoms with Crippen LogP contribution in [0.25, 0.3) is 0 Å². The number of rotatable bonds is 3. The smallest absolute Gasteiger partial charge is 0.244 e. The van der Waals surface area contributed by atoms with Gasteiger partial charge in [0.25, 0.3) is 10.0 Å². The topological polar surface area (TPSA) is 63.6 Å². The molecule has 22 heavy (non-hydrogen) atoms. The Bertz CT molecular complexity index is 929. The van der Waals surface area contributed by atoms with E-state index in [9.17, 15) is 12.6 Å². The number of hydrogen-bond acceptors (Lipinski definition) is 3. The number of benzene rings is 2. The maximum atomic E-state index is 12.7. The first-order chi connectivity index (χ1) is 10.1. The van der Waals surface area contributed by atoms with Gasteiger partial charge in [0.05, 0.1) is 14.8 Å². The molecule has 0 radical (unpaired) electrons. The number of aryl methyl sites for hydroxylation is 1. The van der Waals surface area contributed by atoms with E-state index >= 15 is 0 Å². The van der Waals surface area contributed by atoms with Gasteiger partial charge in [-0.05, 0) is 37.3 Å². The van der Waals surface area contributed by atoms with E-state index in [0.717, 1.165) is 5.56 Å². The molecule has 2 aromatic carbocycles. The number of hydrogen-bond donors (Lipinski definition) is 0. The molecule has 0 aliphatic carbocycles. The van der Waals surface area contributed by atoms with Crippen LogP contribution in [0, 0.1) is 6.92 Å². The summed E-state index contributed by atoms with van der Waals surface area (Å²) in [7, 11) is -7.28. The second kappa shape index (κ2) is 6.20. The minimum atomic E-state index is -4.16. The molecule has 8 heteroatoms. The lowest BCUT2D eigenvalue weighted by atomic mass is 10.2. The van der Waals surface area contributed by atoms with Crippen molar-refractivity contribution in [2.45, 2.75) is 16.7 Å². The standard InChI is InChI=1S/C14H13Cl2NO3S2/c1-10-3-6-12(7-4-10)21(2,18)17-22(19,20)14-8-5-11(15)9-13(14)16/h3-9H,1-2H3. The zero-order chi connectivity index (χ0) is 16.5. The monoisotopic (exact) mass is 377 g/mol. The fraction of sp³-hybridized carbons (Fsp3) is 0.143. The van der Waals surface area contributed by atoms with Gasteiger partial charge in [-0.1, -0.05) is 40.9 Å². The average Bonchev–Trinajstić information content (AvgIpc) is 2.37. The lowest BCUT2D eigenvalue weighted by molar-refractivity contribution is 0.598. The molecular weight excluding hydrogens is 365 g/mol. The SMILES string of the molecule is Cc1ccc(S(C)(=O)=NS(=O)(=O)c2ccc(Cl)cc2Cl)cc1. The van der Waals surface area contributed by atoms with Crippen molar-refractivity contribution < 1.29 is 12.6 Å². The van der Waals surface area contributed by atoms with Crippen molar-refractivity contribution in [3.8, 4) is 0 Å². The van der Waals surface area contributed by atoms with Crippen molar-refractivity contribution in [1.82, 2.24) is 0 Å². The molecule has 4 nitrogen and oxygen atoms in total. The summed E-state index contributed by atoms with van der Waals surface area (Å²) in [6.45, 7) is 1.88. The van der Waals surface area contributed by atoms with Crippen molar-refractivity contribution >= 4 is 43.0 Å². The first-order valence-corrected chi connectivity index (χ1v) is 10.2. The van der Waals surface area contributed by atoms with Crippen LogP contribution >= 0.6 is 23.2 Å². The minimum absolute atomic E-state index is 0.0599. The highest BCUT2D eigenvalue weighted by atomic mass is 35.5. The fourth-order valence-corrected chi connectivity index (χ4v) is 5.80. The van der Waals surface area contributed by atoms with Crippen LogP contribution in [0.1, 0.15) is 5.56 Å². The molecular formula is C14H13Cl2NO3S2. The summed E-state index contributed by atoms with van der Waals surface area (Å²) in [5.41, 5.74) is 0.975. The zero-order valence-electron chi connectivity index (χ0n) is 11.8. The van der Waals surface area contributed by atoms with E-state index in [4.69, 9.17) is 23.2 Å². The van der Waals surface area contributed by atoms with Crippen LogP contribution in [0.3, 0.4) is 0 Å². The quantitative estimate of drug-likeness (QED) is 0.806. The van der Waals surface area contributed by atoms with Gasteiger partial charge in [-0.3, -0.25) is 0 Å². The van der Waals surface area contributed by atoms with Gasteiger partial charge in [0.2, 0.25) is 0 Å². The molecule has 0 saturated carbocycles. The molecule has 2 aromatic rings. The summed E-state index contributed by atoms with van der Waals surface area (Å²) in [5.74, 6) is 0. The maximum Gasteiger partial charge on any atom is 0.291 e. The molecule has 0 aliphatic heterocycles. The molecule has 0 amide bonds. The van der Waals surface area contributed by atoms with Gasteiger partial charge < -0.3 is 0 Å². The van der Waals surface area contributed by atoms with Crippen molar-refractivity contribution in [2.75, 3.05) is 6.26 Å². The number of sulfonamides is 1. The van der Waals surface area contributed by atoms with Gasteiger partial charge in [0.1, 0.15) is 4.90 Å². The molecule has 0 fully saturated rings. The van der Waals surface area contributed by atoms with Crippen molar-refractivity contribution in [1.29, 1.82) is 0 Å². The van der Waals surface area contributed by atoms with Gasteiger partial charge >= 0.3 is 0 Å². The Morgan fingerprint density at radius 1 is 0.955 bits per heavy atom. The third-order valence-electron chi connectivity index (χ3n) is 2.87. The Balaban J connectivity index is 2.58. The second-order valence-corrected chi connectivity index (χ2v) is 9.65. The predicted octanol–water partition coefficient (Wildman–Crippen LogP) is 4.15. The largest absolute Gasteiger partial charge is 0.291 e. The first-order valence-electron chi connectivity index (χ1n) is 6.12. The van der Waals surface area contributed by atoms with E-state index in [0.29, 0.717) is 9.92 Å². The Hall–Kier alpha value is -1.08. The van der Waals surface area contributed by atoms with Crippen LogP contribution in [0.15, 0.2) is 56.0 Å². The van der Waals surface area contributed by atoms with E-state index in [-0.39, 0.29) is 9.92 Å². The zero-order valence-corrected chi connectivity index (χ0v) is 14.9. The summed E-state index contributed by atoms with van der Waals surface area (Å²) < 4.78 is 40.9. The molecule has 0 saturated heterocycles. The van der Waals surface area contributed by atoms with Crippen molar-refractivity contribution in [3.63, 3.8) is 0 Å². The molecule has 1 atom stereocenters. The van der Waals surface area contributed by atoms with Gasteiger partial charge in [0.15, 0.2) is 0 Å². The molecule has 0 aliphatic rings. The third kappa shape index (κ3) is 3.81. The third-order valence-corrected chi connectivity index (χ3v) is 7.51. The summed E-state index contributed by atoms with van der Waals surface area (Å²) >= 11 is 11.6. The second-order valence-electron chi connectivity index (χ2n) is 4.74. The van der Waals surface area contributed by atoms with E-state index in [1.165, 1.54) is 24.5 Å². The van der Waals surface area contributed by atoms with Crippen LogP contribution in [-0.2, 0) is 19.8 Å². The van der Waals surface area contributed by atoms with Crippen LogP contribution in [-0.4, -0.2) is 18.9 Å². The van der Waals surface area contributed by atoms with E-state index in [1.807, 2.05) is 6.92 Å². The average molecular weight is 378 g/mol. The molecule has 0 N–H and O–H groups in total. The molecule has 0 heterocycles. The van der Waals surface area contributed by atoms with Crippen LogP contribution in [0.4, 0.5) is 0 Å². The Morgan fingerprint density at radius 2 is 1.55 bits per heavy atom. The highest BCUT2D eigenvalue weighted by molar-refractivity contribution is 8.03. The maximum absolute atomic E-state index is 12.7. The summed E-state index contributed by atoms with van der Waals surface area (Å²) in [5, 5.41) is 0.245. The lowest BCUT2D eigenvalue weighted by Gasteiger charge is -2.07. The first kappa shape index (κ1) is 17.3. The van der Waals surface area contributed by atoms with E-state index in [2.05, 4.69) is 3.77 Å². The number of nitrogens with zero attached hydrogens (tertiary/aromatic N) is 1. The fourth-order valence-electron chi connectivity index (χ4n) is 1.75. The summed E-state index contributed by atoms with van der Waals surface area (Å²) in [4.78, 5) is 0.118. The van der Waals surface area contributed by atoms with Crippen molar-refractivity contribution in [2.24, 2.45) is 3.77 Å². The van der Waals surface area contributed by atoms with E-state index in [1.54, 1.807) is 24.3 Å². The Labute approximate surface area is 140 Å². The Morgan fingerprint density at radius 3 is 2.09 bits per heavy atom. The lowest BCUT2D eigenvalue weighted by Crippen LogP contribution is -2.05. The highest BCUT2D eigenvalue weighted by Gasteiger charge is 2.20. The summed E-state index contributed by atoms with van der Waals surface area (Å²) in [6, 6.07) is 10.6. The number of halogens is 2. The highest BCUT2D eigenvalue weighted by Crippen LogP contribution is 2.27. The minimum Gasteiger partial charge on any atom is -0.244 e. The molecule has 0 bridgehead atoms. The van der Waals surface area contributed by atoms with Crippen molar-refractivity contribution in [3.05, 3.63) is 58.1 Å². The molecule has 118 valence electrons. The van der Waals surface area contributed by atoms with Crippen LogP contribution < -0.4 is 0 Å². The molecule has 0 spiro atoms. The van der Waals surface area contributed by atoms with Crippen LogP contribution in [0.5, 0.6) is 0 Å². The molecule has 2 rings (SSSR count). The van der Waals surface area contributed by atoms with Crippen LogP contribution in [0.2, 0.25) is 10.0 Å². The predicted molar refractivity (Wildman–Crippen MR) is 89.6 cm³/mol. The summed E-state index contributed by atoms with van der Waals surface area (Å²) in [6.07, 6.45) is 1.28. The van der Waals surface area contributed by atoms with Gasteiger partial charge in [-0.2, -0.15) is 8.42 Å². The van der Waals surface area contributed by atoms with E-state index < -0.39 is 19.8 Å². The Kier molecular flexibility index (Phi) is 4.87. The van der Waals surface area contributed by atoms with Gasteiger partial charge in [0, 0.05) is 16.2 Å². The normalized spacial score (nSPS) is 14.4. The molecule has 1 unspecified atom stereocenters.